The van der Waals surface area contributed by atoms with Gasteiger partial charge in [0.05, 0.1) is 6.54 Å². The van der Waals surface area contributed by atoms with Crippen molar-refractivity contribution < 1.29 is 19.1 Å². The lowest BCUT2D eigenvalue weighted by molar-refractivity contribution is -0.149. The number of carbonyl (C=O) groups excluding carboxylic acids is 2. The molecule has 19 heavy (non-hydrogen) atoms. The first-order chi connectivity index (χ1) is 8.71. The molecule has 0 aromatic carbocycles. The number of amides is 1. The zero-order valence-electron chi connectivity index (χ0n) is 11.9. The molecule has 0 N–H and O–H groups in total. The van der Waals surface area contributed by atoms with Crippen LogP contribution in [-0.2, 0) is 14.3 Å². The molecule has 0 spiro atoms. The molecule has 1 rings (SSSR count). The van der Waals surface area contributed by atoms with E-state index in [-0.39, 0.29) is 18.2 Å². The fourth-order valence-electron chi connectivity index (χ4n) is 2.06. The average molecular weight is 383 g/mol. The van der Waals surface area contributed by atoms with Gasteiger partial charge in [-0.25, -0.2) is 4.79 Å². The standard InChI is InChI=1S/C13H22INO4/c1-9(16)18-11-5-10(6-14)7-15(8-11)12(17)19-13(2,3)4/h10-11H,5-8H2,1-4H3. The number of nitrogens with zero attached hydrogens (tertiary/aromatic N) is 1. The minimum atomic E-state index is -0.509. The monoisotopic (exact) mass is 383 g/mol. The first-order valence-corrected chi connectivity index (χ1v) is 7.95. The Morgan fingerprint density at radius 2 is 1.95 bits per heavy atom. The van der Waals surface area contributed by atoms with Crippen LogP contribution in [0.25, 0.3) is 0 Å². The number of hydrogen-bond acceptors (Lipinski definition) is 4. The van der Waals surface area contributed by atoms with Gasteiger partial charge >= 0.3 is 12.1 Å². The van der Waals surface area contributed by atoms with E-state index < -0.39 is 5.60 Å². The van der Waals surface area contributed by atoms with Crippen molar-refractivity contribution in [3.8, 4) is 0 Å². The van der Waals surface area contributed by atoms with Crippen molar-refractivity contribution >= 4 is 34.7 Å². The quantitative estimate of drug-likeness (QED) is 0.418. The summed E-state index contributed by atoms with van der Waals surface area (Å²) >= 11 is 2.29. The summed E-state index contributed by atoms with van der Waals surface area (Å²) in [6.45, 7) is 8.00. The summed E-state index contributed by atoms with van der Waals surface area (Å²) in [6, 6.07) is 0. The van der Waals surface area contributed by atoms with Gasteiger partial charge in [0.15, 0.2) is 0 Å². The van der Waals surface area contributed by atoms with Crippen LogP contribution in [0.3, 0.4) is 0 Å². The van der Waals surface area contributed by atoms with Gasteiger partial charge in [0.25, 0.3) is 0 Å². The zero-order chi connectivity index (χ0) is 14.6. The number of hydrogen-bond donors (Lipinski definition) is 0. The molecule has 0 saturated carbocycles. The Balaban J connectivity index is 2.66. The van der Waals surface area contributed by atoms with E-state index in [4.69, 9.17) is 9.47 Å². The molecule has 1 aliphatic heterocycles. The molecule has 0 bridgehead atoms. The molecule has 1 fully saturated rings. The lowest BCUT2D eigenvalue weighted by Crippen LogP contribution is -2.49. The first kappa shape index (κ1) is 16.5. The average Bonchev–Trinajstić information content (AvgIpc) is 2.25. The largest absolute Gasteiger partial charge is 0.461 e. The van der Waals surface area contributed by atoms with Crippen molar-refractivity contribution in [1.29, 1.82) is 0 Å². The van der Waals surface area contributed by atoms with Gasteiger partial charge in [-0.2, -0.15) is 0 Å². The van der Waals surface area contributed by atoms with Crippen LogP contribution in [0.1, 0.15) is 34.1 Å². The summed E-state index contributed by atoms with van der Waals surface area (Å²) in [4.78, 5) is 24.8. The highest BCUT2D eigenvalue weighted by Crippen LogP contribution is 2.23. The second kappa shape index (κ2) is 6.76. The molecule has 6 heteroatoms. The highest BCUT2D eigenvalue weighted by atomic mass is 127. The Morgan fingerprint density at radius 3 is 2.42 bits per heavy atom. The van der Waals surface area contributed by atoms with E-state index in [2.05, 4.69) is 22.6 Å². The van der Waals surface area contributed by atoms with E-state index in [1.54, 1.807) is 4.90 Å². The van der Waals surface area contributed by atoms with E-state index in [9.17, 15) is 9.59 Å². The summed E-state index contributed by atoms with van der Waals surface area (Å²) in [5, 5.41) is 0. The lowest BCUT2D eigenvalue weighted by atomic mass is 9.98. The van der Waals surface area contributed by atoms with Crippen molar-refractivity contribution in [1.82, 2.24) is 4.90 Å². The third-order valence-corrected chi connectivity index (χ3v) is 3.95. The number of esters is 1. The molecule has 2 atom stereocenters. The SMILES string of the molecule is CC(=O)OC1CC(CI)CN(C(=O)OC(C)(C)C)C1. The minimum Gasteiger partial charge on any atom is -0.461 e. The van der Waals surface area contributed by atoms with Gasteiger partial charge in [-0.3, -0.25) is 4.79 Å². The smallest absolute Gasteiger partial charge is 0.410 e. The van der Waals surface area contributed by atoms with Crippen LogP contribution >= 0.6 is 22.6 Å². The van der Waals surface area contributed by atoms with Crippen LogP contribution in [0, 0.1) is 5.92 Å². The van der Waals surface area contributed by atoms with Crippen molar-refractivity contribution in [2.24, 2.45) is 5.92 Å². The van der Waals surface area contributed by atoms with Crippen LogP contribution in [0.4, 0.5) is 4.79 Å². The number of ether oxygens (including phenoxy) is 2. The molecule has 1 saturated heterocycles. The maximum Gasteiger partial charge on any atom is 0.410 e. The Hall–Kier alpha value is -0.530. The predicted octanol–water partition coefficient (Wildman–Crippen LogP) is 2.61. The molecule has 1 heterocycles. The maximum atomic E-state index is 12.1. The first-order valence-electron chi connectivity index (χ1n) is 6.42. The Bertz CT molecular complexity index is 340. The van der Waals surface area contributed by atoms with Crippen LogP contribution in [0.5, 0.6) is 0 Å². The van der Waals surface area contributed by atoms with Crippen molar-refractivity contribution in [3.63, 3.8) is 0 Å². The molecule has 0 aromatic heterocycles. The van der Waals surface area contributed by atoms with E-state index >= 15 is 0 Å². The predicted molar refractivity (Wildman–Crippen MR) is 80.4 cm³/mol. The molecule has 0 radical (unpaired) electrons. The summed E-state index contributed by atoms with van der Waals surface area (Å²) in [7, 11) is 0. The molecule has 1 aliphatic rings. The highest BCUT2D eigenvalue weighted by Gasteiger charge is 2.33. The number of rotatable bonds is 2. The second-order valence-corrected chi connectivity index (χ2v) is 6.75. The third-order valence-electron chi connectivity index (χ3n) is 2.70. The van der Waals surface area contributed by atoms with Gasteiger partial charge in [0.2, 0.25) is 0 Å². The van der Waals surface area contributed by atoms with Gasteiger partial charge in [0.1, 0.15) is 11.7 Å². The fraction of sp³-hybridized carbons (Fsp3) is 0.846. The molecular formula is C13H22INO4. The van der Waals surface area contributed by atoms with Crippen molar-refractivity contribution in [2.45, 2.75) is 45.8 Å². The van der Waals surface area contributed by atoms with E-state index in [0.717, 1.165) is 10.8 Å². The summed E-state index contributed by atoms with van der Waals surface area (Å²) in [5.41, 5.74) is -0.509. The van der Waals surface area contributed by atoms with Gasteiger partial charge in [-0.1, -0.05) is 22.6 Å². The summed E-state index contributed by atoms with van der Waals surface area (Å²) in [5.74, 6) is 0.0365. The number of carbonyl (C=O) groups is 2. The number of likely N-dealkylation sites (tertiary alicyclic amines) is 1. The van der Waals surface area contributed by atoms with Gasteiger partial charge < -0.3 is 14.4 Å². The zero-order valence-corrected chi connectivity index (χ0v) is 14.1. The lowest BCUT2D eigenvalue weighted by Gasteiger charge is -2.37. The van der Waals surface area contributed by atoms with Crippen LogP contribution in [0.2, 0.25) is 0 Å². The molecule has 1 amide bonds. The molecule has 5 nitrogen and oxygen atoms in total. The van der Waals surface area contributed by atoms with Crippen molar-refractivity contribution in [3.05, 3.63) is 0 Å². The molecule has 2 unspecified atom stereocenters. The third kappa shape index (κ3) is 5.97. The summed E-state index contributed by atoms with van der Waals surface area (Å²) in [6.07, 6.45) is 0.250. The normalized spacial score (nSPS) is 23.9. The van der Waals surface area contributed by atoms with E-state index in [1.807, 2.05) is 20.8 Å². The molecule has 0 aliphatic carbocycles. The van der Waals surface area contributed by atoms with E-state index in [0.29, 0.717) is 19.0 Å². The number of alkyl halides is 1. The molecular weight excluding hydrogens is 361 g/mol. The molecule has 110 valence electrons. The molecule has 0 aromatic rings. The van der Waals surface area contributed by atoms with Crippen molar-refractivity contribution in [2.75, 3.05) is 17.5 Å². The Labute approximate surface area is 128 Å². The minimum absolute atomic E-state index is 0.224. The van der Waals surface area contributed by atoms with Crippen LogP contribution in [0.15, 0.2) is 0 Å². The van der Waals surface area contributed by atoms with Crippen LogP contribution < -0.4 is 0 Å². The topological polar surface area (TPSA) is 55.8 Å². The number of halogens is 1. The highest BCUT2D eigenvalue weighted by molar-refractivity contribution is 14.1. The van der Waals surface area contributed by atoms with Crippen LogP contribution in [-0.4, -0.2) is 46.2 Å². The number of piperidine rings is 1. The maximum absolute atomic E-state index is 12.1. The fourth-order valence-corrected chi connectivity index (χ4v) is 2.70. The Kier molecular flexibility index (Phi) is 5.88. The van der Waals surface area contributed by atoms with E-state index in [1.165, 1.54) is 6.92 Å². The second-order valence-electron chi connectivity index (χ2n) is 5.87. The Morgan fingerprint density at radius 1 is 1.32 bits per heavy atom. The van der Waals surface area contributed by atoms with Gasteiger partial charge in [-0.15, -0.1) is 0 Å². The van der Waals surface area contributed by atoms with Gasteiger partial charge in [-0.05, 0) is 33.1 Å². The van der Waals surface area contributed by atoms with Gasteiger partial charge in [0, 0.05) is 17.9 Å². The summed E-state index contributed by atoms with van der Waals surface area (Å²) < 4.78 is 11.5.